The zero-order valence-corrected chi connectivity index (χ0v) is 18.0. The van der Waals surface area contributed by atoms with Gasteiger partial charge in [-0.25, -0.2) is 4.39 Å². The van der Waals surface area contributed by atoms with Crippen molar-refractivity contribution in [2.75, 3.05) is 19.6 Å². The third kappa shape index (κ3) is 3.53. The molecule has 4 aromatic rings. The first-order valence-electron chi connectivity index (χ1n) is 10.5. The summed E-state index contributed by atoms with van der Waals surface area (Å²) in [5.41, 5.74) is -0.528. The Bertz CT molecular complexity index is 1400. The highest BCUT2D eigenvalue weighted by atomic mass is 19.1. The Kier molecular flexibility index (Phi) is 5.21. The van der Waals surface area contributed by atoms with Crippen molar-refractivity contribution in [3.63, 3.8) is 0 Å². The van der Waals surface area contributed by atoms with E-state index in [0.717, 1.165) is 0 Å². The number of tetrazole rings is 1. The Morgan fingerprint density at radius 1 is 1.18 bits per heavy atom. The second-order valence-electron chi connectivity index (χ2n) is 8.14. The van der Waals surface area contributed by atoms with Crippen LogP contribution in [-0.2, 0) is 4.79 Å². The minimum absolute atomic E-state index is 0.0358. The molecule has 4 heterocycles. The fourth-order valence-electron chi connectivity index (χ4n) is 4.18. The summed E-state index contributed by atoms with van der Waals surface area (Å²) in [5.74, 6) is -2.46. The molecule has 34 heavy (non-hydrogen) atoms. The van der Waals surface area contributed by atoms with E-state index in [1.165, 1.54) is 29.4 Å². The van der Waals surface area contributed by atoms with Gasteiger partial charge in [-0.3, -0.25) is 19.4 Å². The van der Waals surface area contributed by atoms with Crippen molar-refractivity contribution in [1.82, 2.24) is 40.8 Å². The van der Waals surface area contributed by atoms with Crippen LogP contribution in [0.15, 0.2) is 42.7 Å². The molecule has 0 saturated carbocycles. The Balaban J connectivity index is 1.45. The number of benzene rings is 1. The molecule has 1 unspecified atom stereocenters. The second kappa shape index (κ2) is 8.23. The largest absolute Gasteiger partial charge is 0.360 e. The lowest BCUT2D eigenvalue weighted by Gasteiger charge is -2.39. The molecule has 0 bridgehead atoms. The van der Waals surface area contributed by atoms with Crippen LogP contribution in [0.4, 0.5) is 4.39 Å². The molecule has 12 heteroatoms. The maximum Gasteiger partial charge on any atom is 0.272 e. The van der Waals surface area contributed by atoms with Crippen LogP contribution in [0, 0.1) is 5.82 Å². The number of fused-ring (bicyclic) bond motifs is 1. The fourth-order valence-corrected chi connectivity index (χ4v) is 4.18. The van der Waals surface area contributed by atoms with E-state index in [1.54, 1.807) is 25.1 Å². The molecule has 3 N–H and O–H groups in total. The Labute approximate surface area is 191 Å². The Hall–Kier alpha value is -4.32. The smallest absolute Gasteiger partial charge is 0.272 e. The van der Waals surface area contributed by atoms with Crippen LogP contribution in [0.5, 0.6) is 0 Å². The van der Waals surface area contributed by atoms with Crippen LogP contribution < -0.4 is 5.32 Å². The van der Waals surface area contributed by atoms with E-state index in [2.05, 4.69) is 35.9 Å². The highest BCUT2D eigenvalue weighted by molar-refractivity contribution is 6.48. The molecule has 1 aliphatic heterocycles. The standard InChI is InChI=1S/C22H19FN8O3/c1-22(11-31(9-8-26-22)21(34)15-4-2-3-7-24-15)19(33)18(32)13-10-25-17-12(20-27-29-30-28-20)5-6-14(23)16(13)17/h2-7,10,25-26H,8-9,11H2,1H3,(H,27,28,29,30). The van der Waals surface area contributed by atoms with Crippen LogP contribution in [0.1, 0.15) is 27.8 Å². The number of rotatable bonds is 5. The number of H-pyrrole nitrogens is 2. The summed E-state index contributed by atoms with van der Waals surface area (Å²) in [6, 6.07) is 7.62. The number of piperazine rings is 1. The number of nitrogens with one attached hydrogen (secondary N) is 3. The number of Topliss-reactive ketones (excluding diaryl/α,β-unsaturated/α-hetero) is 2. The fraction of sp³-hybridized carbons (Fsp3) is 0.227. The molecule has 0 radical (unpaired) electrons. The third-order valence-corrected chi connectivity index (χ3v) is 5.90. The molecule has 1 aromatic carbocycles. The number of nitrogens with zero attached hydrogens (tertiary/aromatic N) is 5. The minimum atomic E-state index is -1.36. The summed E-state index contributed by atoms with van der Waals surface area (Å²) < 4.78 is 14.8. The quantitative estimate of drug-likeness (QED) is 0.295. The second-order valence-corrected chi connectivity index (χ2v) is 8.14. The molecule has 3 aromatic heterocycles. The molecule has 1 saturated heterocycles. The van der Waals surface area contributed by atoms with Gasteiger partial charge in [0.2, 0.25) is 17.4 Å². The summed E-state index contributed by atoms with van der Waals surface area (Å²) in [7, 11) is 0. The van der Waals surface area contributed by atoms with Gasteiger partial charge in [0.15, 0.2) is 0 Å². The van der Waals surface area contributed by atoms with Crippen LogP contribution in [-0.4, -0.2) is 78.1 Å². The van der Waals surface area contributed by atoms with E-state index in [-0.39, 0.29) is 40.4 Å². The molecule has 172 valence electrons. The normalized spacial score (nSPS) is 18.2. The number of carbonyl (C=O) groups is 3. The van der Waals surface area contributed by atoms with Crippen molar-refractivity contribution >= 4 is 28.4 Å². The van der Waals surface area contributed by atoms with Crippen LogP contribution >= 0.6 is 0 Å². The van der Waals surface area contributed by atoms with Gasteiger partial charge in [0, 0.05) is 43.0 Å². The predicted molar refractivity (Wildman–Crippen MR) is 117 cm³/mol. The topological polar surface area (TPSA) is 150 Å². The van der Waals surface area contributed by atoms with Gasteiger partial charge >= 0.3 is 0 Å². The van der Waals surface area contributed by atoms with Gasteiger partial charge in [-0.15, -0.1) is 10.2 Å². The van der Waals surface area contributed by atoms with Crippen LogP contribution in [0.3, 0.4) is 0 Å². The van der Waals surface area contributed by atoms with E-state index < -0.39 is 22.9 Å². The van der Waals surface area contributed by atoms with Gasteiger partial charge in [0.1, 0.15) is 17.1 Å². The lowest BCUT2D eigenvalue weighted by Crippen LogP contribution is -2.65. The summed E-state index contributed by atoms with van der Waals surface area (Å²) in [6.07, 6.45) is 2.80. The number of carbonyl (C=O) groups excluding carboxylic acids is 3. The Morgan fingerprint density at radius 3 is 2.76 bits per heavy atom. The molecule has 0 spiro atoms. The van der Waals surface area contributed by atoms with E-state index in [0.29, 0.717) is 18.7 Å². The van der Waals surface area contributed by atoms with Gasteiger partial charge in [-0.1, -0.05) is 6.07 Å². The molecule has 0 aliphatic carbocycles. The van der Waals surface area contributed by atoms with Crippen molar-refractivity contribution in [3.8, 4) is 11.4 Å². The van der Waals surface area contributed by atoms with Crippen molar-refractivity contribution in [2.45, 2.75) is 12.5 Å². The number of aromatic amines is 2. The van der Waals surface area contributed by atoms with E-state index in [1.807, 2.05) is 0 Å². The maximum atomic E-state index is 14.8. The summed E-state index contributed by atoms with van der Waals surface area (Å²) in [4.78, 5) is 47.9. The Morgan fingerprint density at radius 2 is 2.03 bits per heavy atom. The monoisotopic (exact) mass is 462 g/mol. The van der Waals surface area contributed by atoms with Crippen molar-refractivity contribution < 1.29 is 18.8 Å². The molecule has 11 nitrogen and oxygen atoms in total. The van der Waals surface area contributed by atoms with Gasteiger partial charge in [0.05, 0.1) is 11.1 Å². The third-order valence-electron chi connectivity index (χ3n) is 5.90. The van der Waals surface area contributed by atoms with Gasteiger partial charge in [-0.05, 0) is 36.4 Å². The zero-order chi connectivity index (χ0) is 23.9. The summed E-state index contributed by atoms with van der Waals surface area (Å²) >= 11 is 0. The van der Waals surface area contributed by atoms with Crippen LogP contribution in [0.2, 0.25) is 0 Å². The summed E-state index contributed by atoms with van der Waals surface area (Å²) in [5, 5.41) is 16.6. The molecule has 5 rings (SSSR count). The van der Waals surface area contributed by atoms with Crippen LogP contribution in [0.25, 0.3) is 22.3 Å². The first kappa shape index (κ1) is 21.5. The highest BCUT2D eigenvalue weighted by Gasteiger charge is 2.43. The number of aromatic nitrogens is 6. The first-order valence-corrected chi connectivity index (χ1v) is 10.5. The molecule has 1 atom stereocenters. The number of hydrogen-bond acceptors (Lipinski definition) is 8. The number of amides is 1. The maximum absolute atomic E-state index is 14.8. The molecule has 1 fully saturated rings. The van der Waals surface area contributed by atoms with Crippen molar-refractivity contribution in [3.05, 3.63) is 59.8 Å². The van der Waals surface area contributed by atoms with Gasteiger partial charge in [-0.2, -0.15) is 5.21 Å². The summed E-state index contributed by atoms with van der Waals surface area (Å²) in [6.45, 7) is 2.17. The lowest BCUT2D eigenvalue weighted by atomic mass is 9.88. The first-order chi connectivity index (χ1) is 16.4. The average molecular weight is 462 g/mol. The van der Waals surface area contributed by atoms with Crippen molar-refractivity contribution in [1.29, 1.82) is 0 Å². The average Bonchev–Trinajstić information content (AvgIpc) is 3.55. The predicted octanol–water partition coefficient (Wildman–Crippen LogP) is 1.14. The number of hydrogen-bond donors (Lipinski definition) is 3. The SMILES string of the molecule is CC1(C(=O)C(=O)c2c[nH]c3c(-c4nn[nH]n4)ccc(F)c23)CN(C(=O)c2ccccn2)CCN1. The minimum Gasteiger partial charge on any atom is -0.360 e. The van der Waals surface area contributed by atoms with Crippen molar-refractivity contribution in [2.24, 2.45) is 0 Å². The van der Waals surface area contributed by atoms with Gasteiger partial charge < -0.3 is 15.2 Å². The van der Waals surface area contributed by atoms with E-state index in [4.69, 9.17) is 0 Å². The lowest BCUT2D eigenvalue weighted by molar-refractivity contribution is -0.121. The number of ketones is 2. The molecular weight excluding hydrogens is 443 g/mol. The molecule has 1 amide bonds. The molecular formula is C22H19FN8O3. The van der Waals surface area contributed by atoms with E-state index in [9.17, 15) is 18.8 Å². The number of halogens is 1. The van der Waals surface area contributed by atoms with Gasteiger partial charge in [0.25, 0.3) is 5.91 Å². The molecule has 1 aliphatic rings. The zero-order valence-electron chi connectivity index (χ0n) is 18.0. The van der Waals surface area contributed by atoms with E-state index >= 15 is 0 Å². The number of pyridine rings is 1. The highest BCUT2D eigenvalue weighted by Crippen LogP contribution is 2.31.